The summed E-state index contributed by atoms with van der Waals surface area (Å²) in [6.45, 7) is 1.21. The average molecular weight is 298 g/mol. The van der Waals surface area contributed by atoms with Crippen LogP contribution in [0.4, 0.5) is 5.69 Å². The summed E-state index contributed by atoms with van der Waals surface area (Å²) in [5.41, 5.74) is -0.344. The van der Waals surface area contributed by atoms with Gasteiger partial charge in [0.15, 0.2) is 6.04 Å². The summed E-state index contributed by atoms with van der Waals surface area (Å²) in [5.74, 6) is -2.30. The number of ether oxygens (including phenoxy) is 1. The van der Waals surface area contributed by atoms with E-state index < -0.39 is 28.9 Å². The van der Waals surface area contributed by atoms with Crippen molar-refractivity contribution in [3.05, 3.63) is 33.9 Å². The van der Waals surface area contributed by atoms with E-state index in [0.29, 0.717) is 0 Å². The number of nitro groups is 1. The lowest BCUT2D eigenvalue weighted by atomic mass is 10.1. The maximum Gasteiger partial charge on any atom is 0.328 e. The average Bonchev–Trinajstić information content (AvgIpc) is 2.42. The first kappa shape index (κ1) is 16.4. The molecule has 1 aromatic carbocycles. The van der Waals surface area contributed by atoms with Gasteiger partial charge in [-0.05, 0) is 13.0 Å². The van der Waals surface area contributed by atoms with Crippen molar-refractivity contribution in [3.8, 4) is 5.75 Å². The molecule has 0 saturated carbocycles. The molecule has 2 atom stereocenters. The predicted octanol–water partition coefficient (Wildman–Crippen LogP) is 0.167. The molecule has 1 rings (SSSR count). The molecule has 0 aromatic heterocycles. The number of carboxylic acid groups (broad SMARTS) is 1. The van der Waals surface area contributed by atoms with Crippen LogP contribution in [0.2, 0.25) is 0 Å². The third-order valence-electron chi connectivity index (χ3n) is 2.68. The van der Waals surface area contributed by atoms with Crippen molar-refractivity contribution in [1.82, 2.24) is 5.32 Å². The Hall–Kier alpha value is -2.68. The Balaban J connectivity index is 3.07. The summed E-state index contributed by atoms with van der Waals surface area (Å²) < 4.78 is 4.88. The van der Waals surface area contributed by atoms with Gasteiger partial charge in [0.05, 0.1) is 29.8 Å². The first-order valence-electron chi connectivity index (χ1n) is 5.82. The van der Waals surface area contributed by atoms with Gasteiger partial charge in [0.2, 0.25) is 0 Å². The normalized spacial score (nSPS) is 13.1. The molecule has 3 N–H and O–H groups in total. The number of amides is 1. The van der Waals surface area contributed by atoms with Crippen molar-refractivity contribution in [1.29, 1.82) is 0 Å². The third-order valence-corrected chi connectivity index (χ3v) is 2.68. The Morgan fingerprint density at radius 2 is 2.05 bits per heavy atom. The molecule has 0 spiro atoms. The molecule has 0 heterocycles. The van der Waals surface area contributed by atoms with Crippen LogP contribution in [-0.2, 0) is 4.79 Å². The number of non-ortho nitro benzene ring substituents is 1. The van der Waals surface area contributed by atoms with Crippen molar-refractivity contribution in [2.45, 2.75) is 19.1 Å². The molecule has 1 aromatic rings. The number of aliphatic carboxylic acids is 1. The second kappa shape index (κ2) is 6.66. The Labute approximate surface area is 119 Å². The molecule has 2 unspecified atom stereocenters. The second-order valence-corrected chi connectivity index (χ2v) is 4.17. The fourth-order valence-corrected chi connectivity index (χ4v) is 1.59. The minimum Gasteiger partial charge on any atom is -0.496 e. The SMILES string of the molecule is COc1cc([N+](=O)[O-])ccc1C(=O)NC(C(=O)O)C(C)O. The van der Waals surface area contributed by atoms with E-state index in [0.717, 1.165) is 18.2 Å². The van der Waals surface area contributed by atoms with Crippen LogP contribution in [0.15, 0.2) is 18.2 Å². The molecule has 1 amide bonds. The summed E-state index contributed by atoms with van der Waals surface area (Å²) in [6.07, 6.45) is -1.31. The molecule has 0 saturated heterocycles. The zero-order chi connectivity index (χ0) is 16.2. The molecular formula is C12H14N2O7. The molecule has 0 aliphatic rings. The predicted molar refractivity (Wildman–Crippen MR) is 70.2 cm³/mol. The Morgan fingerprint density at radius 3 is 2.48 bits per heavy atom. The van der Waals surface area contributed by atoms with Gasteiger partial charge in [-0.2, -0.15) is 0 Å². The van der Waals surface area contributed by atoms with Gasteiger partial charge in [0, 0.05) is 6.07 Å². The fraction of sp³-hybridized carbons (Fsp3) is 0.333. The van der Waals surface area contributed by atoms with Gasteiger partial charge < -0.3 is 20.3 Å². The van der Waals surface area contributed by atoms with Crippen LogP contribution in [0.3, 0.4) is 0 Å². The molecule has 0 aliphatic heterocycles. The van der Waals surface area contributed by atoms with Crippen molar-refractivity contribution >= 4 is 17.6 Å². The van der Waals surface area contributed by atoms with E-state index in [-0.39, 0.29) is 17.0 Å². The number of rotatable bonds is 6. The molecule has 9 nitrogen and oxygen atoms in total. The first-order chi connectivity index (χ1) is 9.77. The van der Waals surface area contributed by atoms with Crippen molar-refractivity contribution in [2.75, 3.05) is 7.11 Å². The number of nitro benzene ring substituents is 1. The van der Waals surface area contributed by atoms with Gasteiger partial charge >= 0.3 is 5.97 Å². The number of nitrogens with zero attached hydrogens (tertiary/aromatic N) is 1. The molecule has 0 bridgehead atoms. The summed E-state index contributed by atoms with van der Waals surface area (Å²) in [7, 11) is 1.22. The third kappa shape index (κ3) is 3.89. The summed E-state index contributed by atoms with van der Waals surface area (Å²) in [6, 6.07) is 1.79. The molecule has 9 heteroatoms. The molecule has 0 aliphatic carbocycles. The van der Waals surface area contributed by atoms with Crippen molar-refractivity contribution in [2.24, 2.45) is 0 Å². The Morgan fingerprint density at radius 1 is 1.43 bits per heavy atom. The fourth-order valence-electron chi connectivity index (χ4n) is 1.59. The number of hydrogen-bond acceptors (Lipinski definition) is 6. The zero-order valence-corrected chi connectivity index (χ0v) is 11.3. The number of methoxy groups -OCH3 is 1. The van der Waals surface area contributed by atoms with E-state index in [4.69, 9.17) is 9.84 Å². The molecule has 0 radical (unpaired) electrons. The number of carboxylic acids is 1. The smallest absolute Gasteiger partial charge is 0.328 e. The highest BCUT2D eigenvalue weighted by Crippen LogP contribution is 2.24. The van der Waals surface area contributed by atoms with E-state index >= 15 is 0 Å². The Bertz CT molecular complexity index is 571. The number of aliphatic hydroxyl groups is 1. The van der Waals surface area contributed by atoms with Crippen molar-refractivity contribution < 1.29 is 29.5 Å². The zero-order valence-electron chi connectivity index (χ0n) is 11.3. The van der Waals surface area contributed by atoms with Crippen LogP contribution in [0.5, 0.6) is 5.75 Å². The van der Waals surface area contributed by atoms with Crippen LogP contribution < -0.4 is 10.1 Å². The number of nitrogens with one attached hydrogen (secondary N) is 1. The highest BCUT2D eigenvalue weighted by atomic mass is 16.6. The van der Waals surface area contributed by atoms with Crippen LogP contribution in [0, 0.1) is 10.1 Å². The van der Waals surface area contributed by atoms with Crippen LogP contribution in [0.1, 0.15) is 17.3 Å². The minimum atomic E-state index is -1.50. The molecular weight excluding hydrogens is 284 g/mol. The van der Waals surface area contributed by atoms with Crippen LogP contribution in [-0.4, -0.2) is 46.3 Å². The summed E-state index contributed by atoms with van der Waals surface area (Å²) in [4.78, 5) is 32.9. The topological polar surface area (TPSA) is 139 Å². The van der Waals surface area contributed by atoms with E-state index in [2.05, 4.69) is 5.32 Å². The lowest BCUT2D eigenvalue weighted by Gasteiger charge is -2.17. The number of hydrogen-bond donors (Lipinski definition) is 3. The van der Waals surface area contributed by atoms with Gasteiger partial charge in [-0.1, -0.05) is 0 Å². The lowest BCUT2D eigenvalue weighted by molar-refractivity contribution is -0.384. The first-order valence-corrected chi connectivity index (χ1v) is 5.82. The van der Waals surface area contributed by atoms with Gasteiger partial charge in [-0.3, -0.25) is 14.9 Å². The standard InChI is InChI=1S/C12H14N2O7/c1-6(15)10(12(17)18)13-11(16)8-4-3-7(14(19)20)5-9(8)21-2/h3-6,10,15H,1-2H3,(H,13,16)(H,17,18). The largest absolute Gasteiger partial charge is 0.496 e. The Kier molecular flexibility index (Phi) is 5.19. The maximum absolute atomic E-state index is 12.0. The number of carbonyl (C=O) groups excluding carboxylic acids is 1. The van der Waals surface area contributed by atoms with Crippen LogP contribution in [0.25, 0.3) is 0 Å². The monoisotopic (exact) mass is 298 g/mol. The number of carbonyl (C=O) groups is 2. The summed E-state index contributed by atoms with van der Waals surface area (Å²) in [5, 5.41) is 31.0. The van der Waals surface area contributed by atoms with E-state index in [1.54, 1.807) is 0 Å². The second-order valence-electron chi connectivity index (χ2n) is 4.17. The quantitative estimate of drug-likeness (QED) is 0.502. The van der Waals surface area contributed by atoms with Gasteiger partial charge in [0.1, 0.15) is 5.75 Å². The summed E-state index contributed by atoms with van der Waals surface area (Å²) >= 11 is 0. The van der Waals surface area contributed by atoms with E-state index in [1.807, 2.05) is 0 Å². The molecule has 0 fully saturated rings. The highest BCUT2D eigenvalue weighted by Gasteiger charge is 2.27. The van der Waals surface area contributed by atoms with Gasteiger partial charge in [0.25, 0.3) is 11.6 Å². The van der Waals surface area contributed by atoms with Crippen molar-refractivity contribution in [3.63, 3.8) is 0 Å². The van der Waals surface area contributed by atoms with E-state index in [1.165, 1.54) is 14.0 Å². The van der Waals surface area contributed by atoms with E-state index in [9.17, 15) is 24.8 Å². The maximum atomic E-state index is 12.0. The van der Waals surface area contributed by atoms with Crippen LogP contribution >= 0.6 is 0 Å². The molecule has 114 valence electrons. The number of aliphatic hydroxyl groups excluding tert-OH is 1. The van der Waals surface area contributed by atoms with Gasteiger partial charge in [-0.25, -0.2) is 4.79 Å². The lowest BCUT2D eigenvalue weighted by Crippen LogP contribution is -2.47. The minimum absolute atomic E-state index is 0.0727. The highest BCUT2D eigenvalue weighted by molar-refractivity contribution is 5.99. The number of benzene rings is 1. The molecule has 21 heavy (non-hydrogen) atoms. The van der Waals surface area contributed by atoms with Gasteiger partial charge in [-0.15, -0.1) is 0 Å².